The topological polar surface area (TPSA) is 83.1 Å². The Labute approximate surface area is 161 Å². The quantitative estimate of drug-likeness (QED) is 0.547. The summed E-state index contributed by atoms with van der Waals surface area (Å²) >= 11 is 1.25. The van der Waals surface area contributed by atoms with Crippen molar-refractivity contribution in [2.24, 2.45) is 0 Å². The lowest BCUT2D eigenvalue weighted by molar-refractivity contribution is -0.111. The highest BCUT2D eigenvalue weighted by Gasteiger charge is 2.15. The van der Waals surface area contributed by atoms with E-state index in [1.807, 2.05) is 0 Å². The van der Waals surface area contributed by atoms with E-state index in [2.05, 4.69) is 5.32 Å². The third-order valence-corrected chi connectivity index (χ3v) is 4.34. The predicted octanol–water partition coefficient (Wildman–Crippen LogP) is 3.60. The Morgan fingerprint density at radius 1 is 1.11 bits per heavy atom. The number of esters is 1. The number of amides is 1. The number of anilines is 1. The summed E-state index contributed by atoms with van der Waals surface area (Å²) in [5.74, 6) is 0.596. The molecule has 2 aromatic rings. The molecule has 0 aliphatic carbocycles. The van der Waals surface area contributed by atoms with Crippen LogP contribution in [-0.2, 0) is 9.53 Å². The van der Waals surface area contributed by atoms with Crippen LogP contribution in [0.1, 0.15) is 22.8 Å². The van der Waals surface area contributed by atoms with Crippen LogP contribution < -0.4 is 19.5 Å². The maximum Gasteiger partial charge on any atom is 0.341 e. The Morgan fingerprint density at radius 3 is 2.33 bits per heavy atom. The third-order valence-electron chi connectivity index (χ3n) is 3.51. The lowest BCUT2D eigenvalue weighted by Gasteiger charge is -2.12. The molecule has 1 heterocycles. The Kier molecular flexibility index (Phi) is 7.25. The second-order valence-electron chi connectivity index (χ2n) is 5.17. The van der Waals surface area contributed by atoms with E-state index >= 15 is 0 Å². The SMILES string of the molecule is CCOC(=O)c1ccsc1NC(=O)/C=C/c1cc(OC)c(OC)c(OC)c1. The minimum Gasteiger partial charge on any atom is -0.493 e. The number of benzene rings is 1. The van der Waals surface area contributed by atoms with E-state index in [4.69, 9.17) is 18.9 Å². The number of carbonyl (C=O) groups excluding carboxylic acids is 2. The molecule has 0 aliphatic heterocycles. The summed E-state index contributed by atoms with van der Waals surface area (Å²) in [7, 11) is 4.56. The third kappa shape index (κ3) is 5.01. The van der Waals surface area contributed by atoms with Crippen LogP contribution >= 0.6 is 11.3 Å². The van der Waals surface area contributed by atoms with Crippen LogP contribution in [0.4, 0.5) is 5.00 Å². The first-order valence-electron chi connectivity index (χ1n) is 8.07. The molecule has 7 nitrogen and oxygen atoms in total. The molecular weight excluding hydrogens is 370 g/mol. The average molecular weight is 391 g/mol. The molecular formula is C19H21NO6S. The molecule has 0 saturated heterocycles. The largest absolute Gasteiger partial charge is 0.493 e. The zero-order valence-corrected chi connectivity index (χ0v) is 16.3. The van der Waals surface area contributed by atoms with Crippen LogP contribution in [0.25, 0.3) is 6.08 Å². The molecule has 1 amide bonds. The van der Waals surface area contributed by atoms with Gasteiger partial charge in [0, 0.05) is 6.08 Å². The van der Waals surface area contributed by atoms with Crippen LogP contribution in [0, 0.1) is 0 Å². The number of hydrogen-bond donors (Lipinski definition) is 1. The Balaban J connectivity index is 2.16. The molecule has 0 aliphatic rings. The molecule has 0 radical (unpaired) electrons. The minimum atomic E-state index is -0.470. The summed E-state index contributed by atoms with van der Waals surface area (Å²) in [6.45, 7) is 1.99. The summed E-state index contributed by atoms with van der Waals surface area (Å²) in [6, 6.07) is 5.06. The van der Waals surface area contributed by atoms with Crippen LogP contribution in [0.15, 0.2) is 29.7 Å². The molecule has 2 rings (SSSR count). The molecule has 1 aromatic heterocycles. The van der Waals surface area contributed by atoms with Crippen molar-refractivity contribution in [1.29, 1.82) is 0 Å². The van der Waals surface area contributed by atoms with Gasteiger partial charge in [0.05, 0.1) is 33.5 Å². The molecule has 8 heteroatoms. The highest BCUT2D eigenvalue weighted by Crippen LogP contribution is 2.38. The van der Waals surface area contributed by atoms with Crippen LogP contribution in [0.2, 0.25) is 0 Å². The van der Waals surface area contributed by atoms with E-state index in [1.54, 1.807) is 36.6 Å². The summed E-state index contributed by atoms with van der Waals surface area (Å²) < 4.78 is 20.8. The van der Waals surface area contributed by atoms with Gasteiger partial charge in [-0.25, -0.2) is 4.79 Å². The first-order valence-corrected chi connectivity index (χ1v) is 8.95. The van der Waals surface area contributed by atoms with Gasteiger partial charge in [0.25, 0.3) is 0 Å². The van der Waals surface area contributed by atoms with Gasteiger partial charge in [-0.3, -0.25) is 4.79 Å². The van der Waals surface area contributed by atoms with Gasteiger partial charge in [0.15, 0.2) is 11.5 Å². The van der Waals surface area contributed by atoms with E-state index in [9.17, 15) is 9.59 Å². The van der Waals surface area contributed by atoms with Gasteiger partial charge in [-0.15, -0.1) is 11.3 Å². The van der Waals surface area contributed by atoms with Gasteiger partial charge in [-0.2, -0.15) is 0 Å². The van der Waals surface area contributed by atoms with E-state index in [0.717, 1.165) is 0 Å². The maximum atomic E-state index is 12.2. The van der Waals surface area contributed by atoms with Crippen LogP contribution in [0.5, 0.6) is 17.2 Å². The smallest absolute Gasteiger partial charge is 0.341 e. The summed E-state index contributed by atoms with van der Waals surface area (Å²) in [5.41, 5.74) is 1.02. The van der Waals surface area contributed by atoms with Gasteiger partial charge in [-0.1, -0.05) is 0 Å². The van der Waals surface area contributed by atoms with Crippen molar-refractivity contribution < 1.29 is 28.5 Å². The zero-order chi connectivity index (χ0) is 19.8. The van der Waals surface area contributed by atoms with Gasteiger partial charge in [-0.05, 0) is 42.1 Å². The van der Waals surface area contributed by atoms with Crippen LogP contribution in [-0.4, -0.2) is 39.8 Å². The Hall–Kier alpha value is -3.00. The first-order chi connectivity index (χ1) is 13.0. The molecule has 0 bridgehead atoms. The Bertz CT molecular complexity index is 817. The Morgan fingerprint density at radius 2 is 1.78 bits per heavy atom. The zero-order valence-electron chi connectivity index (χ0n) is 15.5. The molecule has 144 valence electrons. The standard InChI is InChI=1S/C19H21NO6S/c1-5-26-19(22)13-8-9-27-18(13)20-16(21)7-6-12-10-14(23-2)17(25-4)15(11-12)24-3/h6-11H,5H2,1-4H3,(H,20,21)/b7-6+. The number of nitrogens with one attached hydrogen (secondary N) is 1. The molecule has 0 fully saturated rings. The molecule has 1 N–H and O–H groups in total. The number of rotatable bonds is 8. The van der Waals surface area contributed by atoms with E-state index < -0.39 is 5.97 Å². The molecule has 0 atom stereocenters. The van der Waals surface area contributed by atoms with Gasteiger partial charge in [0.1, 0.15) is 5.00 Å². The minimum absolute atomic E-state index is 0.267. The fraction of sp³-hybridized carbons (Fsp3) is 0.263. The van der Waals surface area contributed by atoms with Crippen molar-refractivity contribution in [3.05, 3.63) is 40.8 Å². The van der Waals surface area contributed by atoms with Gasteiger partial charge in [0.2, 0.25) is 11.7 Å². The predicted molar refractivity (Wildman–Crippen MR) is 104 cm³/mol. The number of ether oxygens (including phenoxy) is 4. The van der Waals surface area contributed by atoms with Crippen molar-refractivity contribution in [2.45, 2.75) is 6.92 Å². The lowest BCUT2D eigenvalue weighted by Crippen LogP contribution is -2.11. The maximum absolute atomic E-state index is 12.2. The van der Waals surface area contributed by atoms with E-state index in [1.165, 1.54) is 38.7 Å². The van der Waals surface area contributed by atoms with Crippen molar-refractivity contribution >= 4 is 34.3 Å². The number of hydrogen-bond acceptors (Lipinski definition) is 7. The normalized spacial score (nSPS) is 10.5. The average Bonchev–Trinajstić information content (AvgIpc) is 3.13. The number of methoxy groups -OCH3 is 3. The summed E-state index contributed by atoms with van der Waals surface area (Å²) in [4.78, 5) is 24.1. The molecule has 0 unspecified atom stereocenters. The molecule has 1 aromatic carbocycles. The van der Waals surface area contributed by atoms with Gasteiger partial charge < -0.3 is 24.3 Å². The summed E-state index contributed by atoms with van der Waals surface area (Å²) in [5, 5.41) is 4.84. The fourth-order valence-electron chi connectivity index (χ4n) is 2.30. The van der Waals surface area contributed by atoms with E-state index in [-0.39, 0.29) is 12.5 Å². The first kappa shape index (κ1) is 20.3. The highest BCUT2D eigenvalue weighted by atomic mass is 32.1. The molecule has 27 heavy (non-hydrogen) atoms. The highest BCUT2D eigenvalue weighted by molar-refractivity contribution is 7.14. The van der Waals surface area contributed by atoms with E-state index in [0.29, 0.717) is 33.4 Å². The van der Waals surface area contributed by atoms with Crippen LogP contribution in [0.3, 0.4) is 0 Å². The summed E-state index contributed by atoms with van der Waals surface area (Å²) in [6.07, 6.45) is 2.97. The monoisotopic (exact) mass is 391 g/mol. The van der Waals surface area contributed by atoms with Crippen molar-refractivity contribution in [2.75, 3.05) is 33.3 Å². The van der Waals surface area contributed by atoms with Crippen molar-refractivity contribution in [3.63, 3.8) is 0 Å². The number of carbonyl (C=O) groups is 2. The fourth-order valence-corrected chi connectivity index (χ4v) is 3.08. The molecule has 0 spiro atoms. The molecule has 0 saturated carbocycles. The second kappa shape index (κ2) is 9.63. The number of thiophene rings is 1. The van der Waals surface area contributed by atoms with Gasteiger partial charge >= 0.3 is 5.97 Å². The second-order valence-corrected chi connectivity index (χ2v) is 6.08. The van der Waals surface area contributed by atoms with Crippen molar-refractivity contribution in [3.8, 4) is 17.2 Å². The van der Waals surface area contributed by atoms with Crippen molar-refractivity contribution in [1.82, 2.24) is 0 Å². The lowest BCUT2D eigenvalue weighted by atomic mass is 10.1.